The minimum Gasteiger partial charge on any atom is -0.370 e. The topological polar surface area (TPSA) is 50.4 Å². The molecule has 0 aromatic heterocycles. The average Bonchev–Trinajstić information content (AvgIpc) is 2.33. The van der Waals surface area contributed by atoms with Crippen molar-refractivity contribution in [3.8, 4) is 0 Å². The Bertz CT molecular complexity index is 374. The van der Waals surface area contributed by atoms with Gasteiger partial charge >= 0.3 is 0 Å². The van der Waals surface area contributed by atoms with E-state index in [-0.39, 0.29) is 0 Å². The molecule has 0 bridgehead atoms. The van der Waals surface area contributed by atoms with Gasteiger partial charge in [-0.25, -0.2) is 4.99 Å². The van der Waals surface area contributed by atoms with Crippen LogP contribution in [0.5, 0.6) is 0 Å². The van der Waals surface area contributed by atoms with Crippen molar-refractivity contribution in [3.63, 3.8) is 0 Å². The van der Waals surface area contributed by atoms with Crippen LogP contribution in [0.3, 0.4) is 0 Å². The molecule has 3 N–H and O–H groups in total. The van der Waals surface area contributed by atoms with Crippen LogP contribution in [0.2, 0.25) is 0 Å². The molecule has 0 aliphatic carbocycles. The van der Waals surface area contributed by atoms with E-state index >= 15 is 0 Å². The number of nitrogens with one attached hydrogen (secondary N) is 1. The lowest BCUT2D eigenvalue weighted by Gasteiger charge is -2.05. The molecule has 1 aromatic rings. The standard InChI is InChI=1S/C13H19N3S/c1-11(2)10-16-13(14)15-8-9-17-12-6-4-3-5-7-12/h3-7H,1,8-10H2,2H3,(H3,14,15,16). The molecule has 1 aromatic carbocycles. The molecular weight excluding hydrogens is 230 g/mol. The highest BCUT2D eigenvalue weighted by molar-refractivity contribution is 7.99. The molecule has 4 heteroatoms. The Morgan fingerprint density at radius 3 is 2.76 bits per heavy atom. The van der Waals surface area contributed by atoms with E-state index in [1.54, 1.807) is 11.8 Å². The maximum absolute atomic E-state index is 5.69. The maximum atomic E-state index is 5.69. The second-order valence-corrected chi connectivity index (χ2v) is 4.92. The lowest BCUT2D eigenvalue weighted by molar-refractivity contribution is 0.946. The minimum atomic E-state index is 0.488. The summed E-state index contributed by atoms with van der Waals surface area (Å²) in [6.07, 6.45) is 0. The number of guanidine groups is 1. The molecule has 0 atom stereocenters. The number of rotatable bonds is 6. The molecular formula is C13H19N3S. The van der Waals surface area contributed by atoms with E-state index in [9.17, 15) is 0 Å². The second-order valence-electron chi connectivity index (χ2n) is 3.75. The number of thioether (sulfide) groups is 1. The van der Waals surface area contributed by atoms with Crippen molar-refractivity contribution in [3.05, 3.63) is 42.5 Å². The minimum absolute atomic E-state index is 0.488. The molecule has 0 spiro atoms. The Kier molecular flexibility index (Phi) is 6.25. The van der Waals surface area contributed by atoms with Gasteiger partial charge in [-0.1, -0.05) is 30.4 Å². The predicted octanol–water partition coefficient (Wildman–Crippen LogP) is 2.26. The molecule has 0 aliphatic heterocycles. The van der Waals surface area contributed by atoms with Crippen LogP contribution in [-0.4, -0.2) is 24.8 Å². The van der Waals surface area contributed by atoms with Crippen molar-refractivity contribution in [2.24, 2.45) is 10.7 Å². The van der Waals surface area contributed by atoms with Crippen LogP contribution in [-0.2, 0) is 0 Å². The summed E-state index contributed by atoms with van der Waals surface area (Å²) >= 11 is 1.80. The summed E-state index contributed by atoms with van der Waals surface area (Å²) in [5.74, 6) is 1.45. The van der Waals surface area contributed by atoms with Gasteiger partial charge in [-0.3, -0.25) is 0 Å². The monoisotopic (exact) mass is 249 g/mol. The highest BCUT2D eigenvalue weighted by Crippen LogP contribution is 2.15. The van der Waals surface area contributed by atoms with Gasteiger partial charge < -0.3 is 11.1 Å². The zero-order valence-electron chi connectivity index (χ0n) is 10.1. The fraction of sp³-hybridized carbons (Fsp3) is 0.308. The number of nitrogens with zero attached hydrogens (tertiary/aromatic N) is 1. The van der Waals surface area contributed by atoms with E-state index in [4.69, 9.17) is 5.73 Å². The predicted molar refractivity (Wildman–Crippen MR) is 76.5 cm³/mol. The Hall–Kier alpha value is -1.42. The first-order valence-corrected chi connectivity index (χ1v) is 6.53. The van der Waals surface area contributed by atoms with Crippen molar-refractivity contribution in [1.82, 2.24) is 5.32 Å². The number of nitrogens with two attached hydrogens (primary N) is 1. The summed E-state index contributed by atoms with van der Waals surface area (Å²) in [6.45, 7) is 7.10. The maximum Gasteiger partial charge on any atom is 0.188 e. The van der Waals surface area contributed by atoms with Gasteiger partial charge in [0.05, 0.1) is 6.54 Å². The Balaban J connectivity index is 2.16. The number of hydrogen-bond donors (Lipinski definition) is 2. The van der Waals surface area contributed by atoms with E-state index in [0.29, 0.717) is 12.5 Å². The average molecular weight is 249 g/mol. The molecule has 3 nitrogen and oxygen atoms in total. The van der Waals surface area contributed by atoms with E-state index in [1.807, 2.05) is 25.1 Å². The van der Waals surface area contributed by atoms with E-state index in [1.165, 1.54) is 4.90 Å². The quantitative estimate of drug-likeness (QED) is 0.267. The molecule has 0 fully saturated rings. The first kappa shape index (κ1) is 13.6. The Morgan fingerprint density at radius 1 is 1.41 bits per heavy atom. The van der Waals surface area contributed by atoms with Crippen LogP contribution in [0.25, 0.3) is 0 Å². The van der Waals surface area contributed by atoms with Crippen LogP contribution in [0.15, 0.2) is 52.4 Å². The lowest BCUT2D eigenvalue weighted by atomic mass is 10.4. The Morgan fingerprint density at radius 2 is 2.12 bits per heavy atom. The molecule has 0 amide bonds. The summed E-state index contributed by atoms with van der Waals surface area (Å²) in [4.78, 5) is 5.41. The molecule has 0 saturated carbocycles. The van der Waals surface area contributed by atoms with Gasteiger partial charge in [-0.05, 0) is 19.1 Å². The summed E-state index contributed by atoms with van der Waals surface area (Å²) < 4.78 is 0. The molecule has 17 heavy (non-hydrogen) atoms. The van der Waals surface area contributed by atoms with Crippen molar-refractivity contribution >= 4 is 17.7 Å². The highest BCUT2D eigenvalue weighted by Gasteiger charge is 1.94. The van der Waals surface area contributed by atoms with Gasteiger partial charge in [0.25, 0.3) is 0 Å². The molecule has 0 saturated heterocycles. The van der Waals surface area contributed by atoms with Gasteiger partial charge in [-0.2, -0.15) is 0 Å². The zero-order chi connectivity index (χ0) is 12.5. The van der Waals surface area contributed by atoms with Gasteiger partial charge in [0.15, 0.2) is 5.96 Å². The van der Waals surface area contributed by atoms with Crippen LogP contribution < -0.4 is 11.1 Å². The first-order chi connectivity index (χ1) is 8.18. The molecule has 0 radical (unpaired) electrons. The molecule has 92 valence electrons. The van der Waals surface area contributed by atoms with Gasteiger partial charge in [0, 0.05) is 17.2 Å². The largest absolute Gasteiger partial charge is 0.370 e. The summed E-state index contributed by atoms with van der Waals surface area (Å²) in [5.41, 5.74) is 6.70. The van der Waals surface area contributed by atoms with Crippen molar-refractivity contribution in [2.45, 2.75) is 11.8 Å². The van der Waals surface area contributed by atoms with E-state index < -0.39 is 0 Å². The van der Waals surface area contributed by atoms with E-state index in [0.717, 1.165) is 17.9 Å². The highest BCUT2D eigenvalue weighted by atomic mass is 32.2. The third-order valence-electron chi connectivity index (χ3n) is 1.94. The van der Waals surface area contributed by atoms with Gasteiger partial charge in [0.1, 0.15) is 0 Å². The van der Waals surface area contributed by atoms with Crippen molar-refractivity contribution in [2.75, 3.05) is 18.8 Å². The normalized spacial score (nSPS) is 11.2. The Labute approximate surface area is 107 Å². The number of hydrogen-bond acceptors (Lipinski definition) is 2. The van der Waals surface area contributed by atoms with Crippen LogP contribution >= 0.6 is 11.8 Å². The smallest absolute Gasteiger partial charge is 0.188 e. The third kappa shape index (κ3) is 6.68. The number of benzene rings is 1. The molecule has 1 rings (SSSR count). The first-order valence-electron chi connectivity index (χ1n) is 5.54. The SMILES string of the molecule is C=C(C)CN=C(N)NCCSc1ccccc1. The summed E-state index contributed by atoms with van der Waals surface area (Å²) in [7, 11) is 0. The zero-order valence-corrected chi connectivity index (χ0v) is 11.0. The summed E-state index contributed by atoms with van der Waals surface area (Å²) in [6, 6.07) is 10.3. The molecule has 0 aliphatic rings. The third-order valence-corrected chi connectivity index (χ3v) is 2.95. The van der Waals surface area contributed by atoms with Crippen molar-refractivity contribution in [1.29, 1.82) is 0 Å². The van der Waals surface area contributed by atoms with Crippen LogP contribution in [0.4, 0.5) is 0 Å². The van der Waals surface area contributed by atoms with Crippen LogP contribution in [0.1, 0.15) is 6.92 Å². The number of aliphatic imine (C=N–C) groups is 1. The fourth-order valence-electron chi connectivity index (χ4n) is 1.14. The second kappa shape index (κ2) is 7.79. The van der Waals surface area contributed by atoms with E-state index in [2.05, 4.69) is 29.0 Å². The summed E-state index contributed by atoms with van der Waals surface area (Å²) in [5, 5.41) is 3.07. The molecule has 0 heterocycles. The van der Waals surface area contributed by atoms with Crippen molar-refractivity contribution < 1.29 is 0 Å². The van der Waals surface area contributed by atoms with Gasteiger partial charge in [-0.15, -0.1) is 11.8 Å². The van der Waals surface area contributed by atoms with Crippen LogP contribution in [0, 0.1) is 0 Å². The van der Waals surface area contributed by atoms with Gasteiger partial charge in [0.2, 0.25) is 0 Å². The molecule has 0 unspecified atom stereocenters. The fourth-order valence-corrected chi connectivity index (χ4v) is 1.93. The lowest BCUT2D eigenvalue weighted by Crippen LogP contribution is -2.33.